The van der Waals surface area contributed by atoms with Crippen LogP contribution in [0.4, 0.5) is 0 Å². The molecule has 0 saturated carbocycles. The third kappa shape index (κ3) is 3.92. The molecule has 0 radical (unpaired) electrons. The van der Waals surface area contributed by atoms with Crippen LogP contribution in [0.15, 0.2) is 44.2 Å². The van der Waals surface area contributed by atoms with Crippen LogP contribution in [0.3, 0.4) is 0 Å². The number of carboxylic acids is 1. The van der Waals surface area contributed by atoms with Crippen LogP contribution in [0.25, 0.3) is 0 Å². The molecule has 5 nitrogen and oxygen atoms in total. The van der Waals surface area contributed by atoms with Crippen LogP contribution in [-0.2, 0) is 26.9 Å². The normalized spacial score (nSPS) is 23.8. The summed E-state index contributed by atoms with van der Waals surface area (Å²) in [5.74, 6) is -1.66. The Kier molecular flexibility index (Phi) is 5.98. The fourth-order valence-corrected chi connectivity index (χ4v) is 6.31. The average molecular weight is 493 g/mol. The maximum absolute atomic E-state index is 12.9. The van der Waals surface area contributed by atoms with E-state index in [9.17, 15) is 18.3 Å². The van der Waals surface area contributed by atoms with E-state index in [4.69, 9.17) is 5.73 Å². The second-order valence-corrected chi connectivity index (χ2v) is 9.86. The number of halogens is 2. The third-order valence-corrected chi connectivity index (χ3v) is 8.18. The maximum atomic E-state index is 12.9. The SMILES string of the molecule is CC1C=C(S(=O)(=O)Cc2cccc(CN)c2Br)C(Br)=CC1(C)C(=O)O. The number of allylic oxidation sites excluding steroid dienone is 2. The van der Waals surface area contributed by atoms with Crippen LogP contribution in [0.2, 0.25) is 0 Å². The van der Waals surface area contributed by atoms with Crippen molar-refractivity contribution >= 4 is 47.7 Å². The van der Waals surface area contributed by atoms with Crippen LogP contribution in [0, 0.1) is 11.3 Å². The molecule has 1 aromatic carbocycles. The van der Waals surface area contributed by atoms with Gasteiger partial charge in [0.15, 0.2) is 9.84 Å². The lowest BCUT2D eigenvalue weighted by Gasteiger charge is -2.31. The molecule has 1 aliphatic carbocycles. The molecule has 1 aromatic rings. The Labute approximate surface area is 164 Å². The van der Waals surface area contributed by atoms with Gasteiger partial charge < -0.3 is 10.8 Å². The zero-order valence-electron chi connectivity index (χ0n) is 13.8. The topological polar surface area (TPSA) is 97.5 Å². The van der Waals surface area contributed by atoms with E-state index in [0.29, 0.717) is 16.6 Å². The summed E-state index contributed by atoms with van der Waals surface area (Å²) in [5, 5.41) is 9.44. The van der Waals surface area contributed by atoms with Crippen LogP contribution in [-0.4, -0.2) is 19.5 Å². The van der Waals surface area contributed by atoms with Gasteiger partial charge >= 0.3 is 5.97 Å². The highest BCUT2D eigenvalue weighted by atomic mass is 79.9. The lowest BCUT2D eigenvalue weighted by Crippen LogP contribution is -2.34. The van der Waals surface area contributed by atoms with Crippen molar-refractivity contribution in [3.05, 3.63) is 55.3 Å². The molecule has 0 spiro atoms. The average Bonchev–Trinajstić information content (AvgIpc) is 2.52. The van der Waals surface area contributed by atoms with Gasteiger partial charge in [0.1, 0.15) is 0 Å². The fourth-order valence-electron chi connectivity index (χ4n) is 2.64. The molecule has 25 heavy (non-hydrogen) atoms. The highest BCUT2D eigenvalue weighted by molar-refractivity contribution is 9.12. The Morgan fingerprint density at radius 3 is 2.48 bits per heavy atom. The van der Waals surface area contributed by atoms with Gasteiger partial charge in [-0.25, -0.2) is 8.42 Å². The third-order valence-electron chi connectivity index (χ3n) is 4.53. The molecule has 3 N–H and O–H groups in total. The van der Waals surface area contributed by atoms with Gasteiger partial charge in [0.25, 0.3) is 0 Å². The number of hydrogen-bond donors (Lipinski definition) is 2. The number of hydrogen-bond acceptors (Lipinski definition) is 4. The summed E-state index contributed by atoms with van der Waals surface area (Å²) in [6.07, 6.45) is 2.96. The molecule has 0 fully saturated rings. The van der Waals surface area contributed by atoms with E-state index in [0.717, 1.165) is 5.56 Å². The van der Waals surface area contributed by atoms with E-state index < -0.39 is 27.1 Å². The van der Waals surface area contributed by atoms with Crippen molar-refractivity contribution in [1.82, 2.24) is 0 Å². The number of rotatable bonds is 5. The first-order valence-electron chi connectivity index (χ1n) is 7.56. The molecule has 8 heteroatoms. The molecule has 0 saturated heterocycles. The molecule has 2 atom stereocenters. The summed E-state index contributed by atoms with van der Waals surface area (Å²) in [5.41, 5.74) is 5.95. The highest BCUT2D eigenvalue weighted by Crippen LogP contribution is 2.42. The minimum absolute atomic E-state index is 0.115. The van der Waals surface area contributed by atoms with E-state index in [-0.39, 0.29) is 15.1 Å². The van der Waals surface area contributed by atoms with Crippen molar-refractivity contribution in [3.8, 4) is 0 Å². The summed E-state index contributed by atoms with van der Waals surface area (Å²) in [6.45, 7) is 3.57. The van der Waals surface area contributed by atoms with Gasteiger partial charge in [-0.1, -0.05) is 53.2 Å². The Hall–Kier alpha value is -0.960. The Bertz CT molecular complexity index is 877. The zero-order chi connectivity index (χ0) is 19.0. The van der Waals surface area contributed by atoms with E-state index in [1.165, 1.54) is 12.2 Å². The molecule has 0 aliphatic heterocycles. The lowest BCUT2D eigenvalue weighted by atomic mass is 9.75. The van der Waals surface area contributed by atoms with Gasteiger partial charge in [-0.15, -0.1) is 0 Å². The summed E-state index contributed by atoms with van der Waals surface area (Å²) in [6, 6.07) is 5.32. The Morgan fingerprint density at radius 2 is 1.92 bits per heavy atom. The Balaban J connectivity index is 2.42. The zero-order valence-corrected chi connectivity index (χ0v) is 17.8. The predicted octanol–water partition coefficient (Wildman–Crippen LogP) is 3.73. The van der Waals surface area contributed by atoms with Crippen molar-refractivity contribution in [1.29, 1.82) is 0 Å². The summed E-state index contributed by atoms with van der Waals surface area (Å²) < 4.78 is 26.8. The fraction of sp³-hybridized carbons (Fsp3) is 0.353. The monoisotopic (exact) mass is 491 g/mol. The first kappa shape index (κ1) is 20.4. The lowest BCUT2D eigenvalue weighted by molar-refractivity contribution is -0.146. The molecule has 0 heterocycles. The molecule has 0 amide bonds. The smallest absolute Gasteiger partial charge is 0.313 e. The van der Waals surface area contributed by atoms with Crippen molar-refractivity contribution in [2.24, 2.45) is 17.1 Å². The maximum Gasteiger partial charge on any atom is 0.313 e. The van der Waals surface area contributed by atoms with Gasteiger partial charge in [-0.2, -0.15) is 0 Å². The summed E-state index contributed by atoms with van der Waals surface area (Å²) in [7, 11) is -3.66. The van der Waals surface area contributed by atoms with Crippen LogP contribution < -0.4 is 5.73 Å². The molecule has 0 bridgehead atoms. The van der Waals surface area contributed by atoms with Gasteiger partial charge in [0.2, 0.25) is 0 Å². The minimum Gasteiger partial charge on any atom is -0.481 e. The second kappa shape index (κ2) is 7.34. The van der Waals surface area contributed by atoms with Crippen molar-refractivity contribution in [3.63, 3.8) is 0 Å². The molecule has 2 unspecified atom stereocenters. The number of sulfone groups is 1. The molecule has 0 aromatic heterocycles. The summed E-state index contributed by atoms with van der Waals surface area (Å²) >= 11 is 6.65. The molecular formula is C17H19Br2NO4S. The minimum atomic E-state index is -3.66. The van der Waals surface area contributed by atoms with Gasteiger partial charge in [-0.05, 0) is 39.9 Å². The van der Waals surface area contributed by atoms with Crippen LogP contribution >= 0.6 is 31.9 Å². The van der Waals surface area contributed by atoms with Crippen molar-refractivity contribution in [2.75, 3.05) is 0 Å². The Morgan fingerprint density at radius 1 is 1.32 bits per heavy atom. The summed E-state index contributed by atoms with van der Waals surface area (Å²) in [4.78, 5) is 11.6. The number of carbonyl (C=O) groups is 1. The van der Waals surface area contributed by atoms with Crippen LogP contribution in [0.1, 0.15) is 25.0 Å². The van der Waals surface area contributed by atoms with Crippen molar-refractivity contribution in [2.45, 2.75) is 26.1 Å². The predicted molar refractivity (Wildman–Crippen MR) is 105 cm³/mol. The molecular weight excluding hydrogens is 474 g/mol. The van der Waals surface area contributed by atoms with Crippen LogP contribution in [0.5, 0.6) is 0 Å². The quantitative estimate of drug-likeness (QED) is 0.652. The largest absolute Gasteiger partial charge is 0.481 e. The molecule has 2 rings (SSSR count). The first-order chi connectivity index (χ1) is 11.5. The van der Waals surface area contributed by atoms with Gasteiger partial charge in [-0.3, -0.25) is 4.79 Å². The van der Waals surface area contributed by atoms with E-state index in [1.807, 2.05) is 6.07 Å². The number of carboxylic acid groups (broad SMARTS) is 1. The number of aliphatic carboxylic acids is 1. The van der Waals surface area contributed by atoms with Gasteiger partial charge in [0, 0.05) is 15.5 Å². The van der Waals surface area contributed by atoms with E-state index in [2.05, 4.69) is 31.9 Å². The van der Waals surface area contributed by atoms with E-state index >= 15 is 0 Å². The molecule has 136 valence electrons. The van der Waals surface area contributed by atoms with E-state index in [1.54, 1.807) is 26.0 Å². The standard InChI is InChI=1S/C17H19Br2NO4S/c1-10-6-14(13(18)7-17(10,2)16(21)22)25(23,24)9-12-5-3-4-11(8-20)15(12)19/h3-7,10H,8-9,20H2,1-2H3,(H,21,22). The van der Waals surface area contributed by atoms with Crippen molar-refractivity contribution < 1.29 is 18.3 Å². The first-order valence-corrected chi connectivity index (χ1v) is 10.8. The number of nitrogens with two attached hydrogens (primary N) is 1. The van der Waals surface area contributed by atoms with Gasteiger partial charge in [0.05, 0.1) is 16.1 Å². The highest BCUT2D eigenvalue weighted by Gasteiger charge is 2.41. The number of benzene rings is 1. The molecule has 1 aliphatic rings. The second-order valence-electron chi connectivity index (χ2n) is 6.25.